The summed E-state index contributed by atoms with van der Waals surface area (Å²) in [5, 5.41) is 4.58. The number of carbonyl (C=O) groups excluding carboxylic acids is 3. The third kappa shape index (κ3) is 5.23. The molecule has 0 saturated heterocycles. The van der Waals surface area contributed by atoms with Crippen LogP contribution in [0.1, 0.15) is 46.1 Å². The molecular weight excluding hydrogens is 388 g/mol. The summed E-state index contributed by atoms with van der Waals surface area (Å²) in [4.78, 5) is 39.8. The number of benzene rings is 1. The van der Waals surface area contributed by atoms with E-state index < -0.39 is 18.0 Å². The molecule has 0 unspecified atom stereocenters. The van der Waals surface area contributed by atoms with Crippen LogP contribution < -0.4 is 5.32 Å². The zero-order valence-corrected chi connectivity index (χ0v) is 17.8. The predicted molar refractivity (Wildman–Crippen MR) is 113 cm³/mol. The van der Waals surface area contributed by atoms with Gasteiger partial charge in [0.1, 0.15) is 0 Å². The molecule has 0 fully saturated rings. The fraction of sp³-hybridized carbons (Fsp3) is 0.409. The maximum Gasteiger partial charge on any atom is 0.340 e. The van der Waals surface area contributed by atoms with Crippen LogP contribution in [0.2, 0.25) is 0 Å². The van der Waals surface area contributed by atoms with Crippen LogP contribution in [0.5, 0.6) is 0 Å². The van der Waals surface area contributed by atoms with Crippen LogP contribution in [-0.2, 0) is 27.2 Å². The summed E-state index contributed by atoms with van der Waals surface area (Å²) in [5.74, 6) is -1.20. The zero-order chi connectivity index (χ0) is 21.0. The smallest absolute Gasteiger partial charge is 0.340 e. The van der Waals surface area contributed by atoms with Gasteiger partial charge in [-0.3, -0.25) is 9.59 Å². The molecule has 0 radical (unpaired) electrons. The van der Waals surface area contributed by atoms with Crippen molar-refractivity contribution in [2.45, 2.75) is 45.6 Å². The van der Waals surface area contributed by atoms with Crippen molar-refractivity contribution >= 4 is 34.8 Å². The van der Waals surface area contributed by atoms with Crippen molar-refractivity contribution in [3.05, 3.63) is 51.2 Å². The molecule has 1 atom stereocenters. The van der Waals surface area contributed by atoms with E-state index in [9.17, 15) is 14.4 Å². The minimum absolute atomic E-state index is 0.123. The van der Waals surface area contributed by atoms with Gasteiger partial charge in [-0.25, -0.2) is 4.79 Å². The molecule has 1 aliphatic rings. The number of carbonyl (C=O) groups is 3. The highest BCUT2D eigenvalue weighted by Gasteiger charge is 2.26. The van der Waals surface area contributed by atoms with Gasteiger partial charge in [0.15, 0.2) is 6.10 Å². The predicted octanol–water partition coefficient (Wildman–Crippen LogP) is 3.58. The monoisotopic (exact) mass is 414 g/mol. The summed E-state index contributed by atoms with van der Waals surface area (Å²) >= 11 is 1.58. The molecular formula is C22H26N2O4S. The van der Waals surface area contributed by atoms with E-state index in [4.69, 9.17) is 4.74 Å². The van der Waals surface area contributed by atoms with Crippen LogP contribution in [0.3, 0.4) is 0 Å². The second kappa shape index (κ2) is 9.22. The lowest BCUT2D eigenvalue weighted by molar-refractivity contribution is -0.140. The molecule has 2 amide bonds. The van der Waals surface area contributed by atoms with Gasteiger partial charge >= 0.3 is 5.97 Å². The van der Waals surface area contributed by atoms with Crippen molar-refractivity contribution in [2.75, 3.05) is 18.9 Å². The quantitative estimate of drug-likeness (QED) is 0.733. The molecule has 1 aromatic heterocycles. The Morgan fingerprint density at radius 1 is 1.17 bits per heavy atom. The van der Waals surface area contributed by atoms with Gasteiger partial charge < -0.3 is 15.0 Å². The van der Waals surface area contributed by atoms with Crippen molar-refractivity contribution < 1.29 is 19.1 Å². The number of likely N-dealkylation sites (N-methyl/N-ethyl adjacent to an activating group) is 1. The summed E-state index contributed by atoms with van der Waals surface area (Å²) in [6.45, 7) is 3.38. The van der Waals surface area contributed by atoms with Crippen LogP contribution >= 0.6 is 11.3 Å². The number of esters is 1. The number of nitrogens with zero attached hydrogens (tertiary/aromatic N) is 1. The van der Waals surface area contributed by atoms with Gasteiger partial charge in [-0.05, 0) is 57.2 Å². The summed E-state index contributed by atoms with van der Waals surface area (Å²) in [5.41, 5.74) is 3.40. The Hall–Kier alpha value is -2.67. The molecule has 1 heterocycles. The molecule has 0 saturated carbocycles. The van der Waals surface area contributed by atoms with Crippen LogP contribution in [0, 0.1) is 6.92 Å². The molecule has 0 bridgehead atoms. The highest BCUT2D eigenvalue weighted by atomic mass is 32.1. The molecule has 154 valence electrons. The molecule has 6 nitrogen and oxygen atoms in total. The minimum atomic E-state index is -0.959. The highest BCUT2D eigenvalue weighted by molar-refractivity contribution is 7.10. The topological polar surface area (TPSA) is 75.7 Å². The van der Waals surface area contributed by atoms with Crippen molar-refractivity contribution in [2.24, 2.45) is 0 Å². The standard InChI is InChI=1S/C22H26N2O4S/c1-14-8-10-16(11-9-14)23-20(25)12-24(3)21(26)15(2)28-22(27)18-13-29-19-7-5-4-6-17(18)19/h8-11,13,15H,4-7,12H2,1-3H3,(H,23,25)/t15-/m1/s1. The number of hydrogen-bond acceptors (Lipinski definition) is 5. The lowest BCUT2D eigenvalue weighted by Crippen LogP contribution is -2.41. The van der Waals surface area contributed by atoms with Crippen LogP contribution in [-0.4, -0.2) is 42.4 Å². The van der Waals surface area contributed by atoms with Gasteiger partial charge in [-0.15, -0.1) is 11.3 Å². The molecule has 7 heteroatoms. The van der Waals surface area contributed by atoms with E-state index in [1.54, 1.807) is 23.5 Å². The zero-order valence-electron chi connectivity index (χ0n) is 17.0. The first-order valence-corrected chi connectivity index (χ1v) is 10.6. The SMILES string of the molecule is Cc1ccc(NC(=O)CN(C)C(=O)[C@@H](C)OC(=O)c2csc3c2CCCC3)cc1. The van der Waals surface area contributed by atoms with E-state index in [1.807, 2.05) is 24.4 Å². The van der Waals surface area contributed by atoms with Crippen LogP contribution in [0.4, 0.5) is 5.69 Å². The maximum absolute atomic E-state index is 12.5. The average molecular weight is 415 g/mol. The Kier molecular flexibility index (Phi) is 6.69. The Balaban J connectivity index is 1.53. The first kappa shape index (κ1) is 21.0. The van der Waals surface area contributed by atoms with Gasteiger partial charge in [0.05, 0.1) is 12.1 Å². The second-order valence-corrected chi connectivity index (χ2v) is 8.38. The Morgan fingerprint density at radius 3 is 2.59 bits per heavy atom. The number of thiophene rings is 1. The Bertz CT molecular complexity index is 904. The highest BCUT2D eigenvalue weighted by Crippen LogP contribution is 2.30. The van der Waals surface area contributed by atoms with E-state index in [2.05, 4.69) is 5.32 Å². The number of anilines is 1. The van der Waals surface area contributed by atoms with Gasteiger partial charge in [0, 0.05) is 23.0 Å². The number of fused-ring (bicyclic) bond motifs is 1. The summed E-state index contributed by atoms with van der Waals surface area (Å²) in [6, 6.07) is 7.41. The van der Waals surface area contributed by atoms with E-state index in [1.165, 1.54) is 23.7 Å². The fourth-order valence-corrected chi connectivity index (χ4v) is 4.50. The summed E-state index contributed by atoms with van der Waals surface area (Å²) < 4.78 is 5.40. The van der Waals surface area contributed by atoms with E-state index >= 15 is 0 Å². The molecule has 0 aliphatic heterocycles. The van der Waals surface area contributed by atoms with Gasteiger partial charge in [0.25, 0.3) is 5.91 Å². The summed E-state index contributed by atoms with van der Waals surface area (Å²) in [6.07, 6.45) is 3.13. The van der Waals surface area contributed by atoms with E-state index in [-0.39, 0.29) is 12.5 Å². The van der Waals surface area contributed by atoms with Gasteiger partial charge in [-0.1, -0.05) is 17.7 Å². The lowest BCUT2D eigenvalue weighted by Gasteiger charge is -2.21. The van der Waals surface area contributed by atoms with E-state index in [0.29, 0.717) is 11.3 Å². The molecule has 0 spiro atoms. The molecule has 1 aliphatic carbocycles. The lowest BCUT2D eigenvalue weighted by atomic mass is 9.96. The average Bonchev–Trinajstić information content (AvgIpc) is 3.13. The first-order valence-electron chi connectivity index (χ1n) is 9.77. The number of hydrogen-bond donors (Lipinski definition) is 1. The van der Waals surface area contributed by atoms with Crippen LogP contribution in [0.25, 0.3) is 0 Å². The number of rotatable bonds is 6. The van der Waals surface area contributed by atoms with Gasteiger partial charge in [0.2, 0.25) is 5.91 Å². The summed E-state index contributed by atoms with van der Waals surface area (Å²) in [7, 11) is 1.52. The van der Waals surface area contributed by atoms with E-state index in [0.717, 1.165) is 36.8 Å². The molecule has 2 aromatic rings. The number of aryl methyl sites for hydroxylation is 2. The molecule has 1 N–H and O–H groups in total. The Morgan fingerprint density at radius 2 is 1.86 bits per heavy atom. The van der Waals surface area contributed by atoms with Crippen molar-refractivity contribution in [3.63, 3.8) is 0 Å². The van der Waals surface area contributed by atoms with Gasteiger partial charge in [-0.2, -0.15) is 0 Å². The Labute approximate surface area is 174 Å². The third-order valence-electron chi connectivity index (χ3n) is 5.01. The molecule has 29 heavy (non-hydrogen) atoms. The third-order valence-corrected chi connectivity index (χ3v) is 6.09. The second-order valence-electron chi connectivity index (χ2n) is 7.41. The van der Waals surface area contributed by atoms with Crippen molar-refractivity contribution in [1.82, 2.24) is 4.90 Å². The molecule has 1 aromatic carbocycles. The maximum atomic E-state index is 12.5. The number of amides is 2. The molecule has 3 rings (SSSR count). The largest absolute Gasteiger partial charge is 0.449 e. The number of ether oxygens (including phenoxy) is 1. The van der Waals surface area contributed by atoms with Crippen LogP contribution in [0.15, 0.2) is 29.6 Å². The first-order chi connectivity index (χ1) is 13.8. The van der Waals surface area contributed by atoms with Crippen molar-refractivity contribution in [1.29, 1.82) is 0 Å². The van der Waals surface area contributed by atoms with Crippen molar-refractivity contribution in [3.8, 4) is 0 Å². The normalized spacial score (nSPS) is 13.9. The minimum Gasteiger partial charge on any atom is -0.449 e. The fourth-order valence-electron chi connectivity index (χ4n) is 3.38. The number of nitrogens with one attached hydrogen (secondary N) is 1.